The summed E-state index contributed by atoms with van der Waals surface area (Å²) in [4.78, 5) is 4.02. The molecule has 20 heavy (non-hydrogen) atoms. The minimum absolute atomic E-state index is 0.0190. The zero-order valence-corrected chi connectivity index (χ0v) is 11.8. The Balaban J connectivity index is 2.19. The highest BCUT2D eigenvalue weighted by molar-refractivity contribution is 9.10. The molecule has 3 N–H and O–H groups in total. The van der Waals surface area contributed by atoms with Crippen LogP contribution in [0.4, 0.5) is 24.7 Å². The second kappa shape index (κ2) is 5.70. The van der Waals surface area contributed by atoms with Gasteiger partial charge < -0.3 is 11.1 Å². The maximum atomic E-state index is 12.8. The lowest BCUT2D eigenvalue weighted by Crippen LogP contribution is -2.12. The van der Waals surface area contributed by atoms with Gasteiger partial charge in [-0.2, -0.15) is 13.2 Å². The third-order valence-electron chi connectivity index (χ3n) is 2.63. The highest BCUT2D eigenvalue weighted by Gasteiger charge is 2.32. The summed E-state index contributed by atoms with van der Waals surface area (Å²) in [5.74, 6) is 0.441. The third kappa shape index (κ3) is 3.41. The zero-order chi connectivity index (χ0) is 14.8. The highest BCUT2D eigenvalue weighted by atomic mass is 79.9. The summed E-state index contributed by atoms with van der Waals surface area (Å²) >= 11 is 3.25. The van der Waals surface area contributed by atoms with Crippen LogP contribution in [0.5, 0.6) is 0 Å². The largest absolute Gasteiger partial charge is 0.416 e. The van der Waals surface area contributed by atoms with Crippen molar-refractivity contribution >= 4 is 27.4 Å². The number of hydrogen-bond acceptors (Lipinski definition) is 3. The van der Waals surface area contributed by atoms with Gasteiger partial charge in [-0.1, -0.05) is 18.2 Å². The number of pyridine rings is 1. The Bertz CT molecular complexity index is 614. The number of halogens is 4. The number of nitrogens with two attached hydrogens (primary N) is 1. The standard InChI is InChI=1S/C13H11BrF3N3/c14-11-5-9(18)7-20-12(11)19-6-8-3-1-2-4-10(8)13(15,16)17/h1-5,7H,6,18H2,(H,19,20). The van der Waals surface area contributed by atoms with Crippen LogP contribution in [0, 0.1) is 0 Å². The van der Waals surface area contributed by atoms with Crippen molar-refractivity contribution in [2.24, 2.45) is 0 Å². The van der Waals surface area contributed by atoms with Gasteiger partial charge in [0.25, 0.3) is 0 Å². The summed E-state index contributed by atoms with van der Waals surface area (Å²) in [6.07, 6.45) is -2.94. The molecule has 106 valence electrons. The lowest BCUT2D eigenvalue weighted by Gasteiger charge is -2.14. The van der Waals surface area contributed by atoms with E-state index in [0.29, 0.717) is 16.0 Å². The molecular weight excluding hydrogens is 335 g/mol. The second-order valence-electron chi connectivity index (χ2n) is 4.11. The molecule has 0 aliphatic heterocycles. The van der Waals surface area contributed by atoms with Gasteiger partial charge in [0.05, 0.1) is 21.9 Å². The average Bonchev–Trinajstić information content (AvgIpc) is 2.37. The van der Waals surface area contributed by atoms with Crippen LogP contribution >= 0.6 is 15.9 Å². The van der Waals surface area contributed by atoms with Gasteiger partial charge in [-0.05, 0) is 33.6 Å². The highest BCUT2D eigenvalue weighted by Crippen LogP contribution is 2.32. The van der Waals surface area contributed by atoms with E-state index in [2.05, 4.69) is 26.2 Å². The fourth-order valence-corrected chi connectivity index (χ4v) is 2.22. The Labute approximate surface area is 122 Å². The van der Waals surface area contributed by atoms with Crippen LogP contribution < -0.4 is 11.1 Å². The van der Waals surface area contributed by atoms with Crippen molar-refractivity contribution < 1.29 is 13.2 Å². The number of aromatic nitrogens is 1. The topological polar surface area (TPSA) is 50.9 Å². The third-order valence-corrected chi connectivity index (χ3v) is 3.24. The van der Waals surface area contributed by atoms with Crippen molar-refractivity contribution in [2.75, 3.05) is 11.1 Å². The Morgan fingerprint density at radius 2 is 1.95 bits per heavy atom. The summed E-state index contributed by atoms with van der Waals surface area (Å²) < 4.78 is 39.1. The zero-order valence-electron chi connectivity index (χ0n) is 10.2. The van der Waals surface area contributed by atoms with Gasteiger partial charge in [-0.15, -0.1) is 0 Å². The SMILES string of the molecule is Nc1cnc(NCc2ccccc2C(F)(F)F)c(Br)c1. The molecule has 0 radical (unpaired) electrons. The molecule has 0 aliphatic rings. The molecule has 1 heterocycles. The number of alkyl halides is 3. The van der Waals surface area contributed by atoms with Gasteiger partial charge in [0.1, 0.15) is 5.82 Å². The van der Waals surface area contributed by atoms with E-state index < -0.39 is 11.7 Å². The van der Waals surface area contributed by atoms with Crippen molar-refractivity contribution in [3.8, 4) is 0 Å². The lowest BCUT2D eigenvalue weighted by atomic mass is 10.1. The molecule has 0 fully saturated rings. The van der Waals surface area contributed by atoms with Crippen LogP contribution in [0.3, 0.4) is 0 Å². The number of nitrogens with one attached hydrogen (secondary N) is 1. The van der Waals surface area contributed by atoms with E-state index in [1.54, 1.807) is 12.1 Å². The average molecular weight is 346 g/mol. The molecule has 0 atom stereocenters. The number of anilines is 2. The van der Waals surface area contributed by atoms with Crippen molar-refractivity contribution in [3.05, 3.63) is 52.1 Å². The van der Waals surface area contributed by atoms with Crippen molar-refractivity contribution in [2.45, 2.75) is 12.7 Å². The maximum Gasteiger partial charge on any atom is 0.416 e. The van der Waals surface area contributed by atoms with E-state index in [9.17, 15) is 13.2 Å². The minimum atomic E-state index is -4.37. The molecule has 0 bridgehead atoms. The van der Waals surface area contributed by atoms with Crippen LogP contribution in [-0.4, -0.2) is 4.98 Å². The van der Waals surface area contributed by atoms with Gasteiger partial charge in [-0.25, -0.2) is 4.98 Å². The Morgan fingerprint density at radius 3 is 2.60 bits per heavy atom. The fraction of sp³-hybridized carbons (Fsp3) is 0.154. The summed E-state index contributed by atoms with van der Waals surface area (Å²) in [5.41, 5.74) is 5.52. The van der Waals surface area contributed by atoms with E-state index in [1.165, 1.54) is 18.3 Å². The predicted octanol–water partition coefficient (Wildman–Crippen LogP) is 4.06. The molecular formula is C13H11BrF3N3. The first kappa shape index (κ1) is 14.6. The van der Waals surface area contributed by atoms with Crippen molar-refractivity contribution in [1.82, 2.24) is 4.98 Å². The molecule has 1 aromatic carbocycles. The van der Waals surface area contributed by atoms with Crippen LogP contribution in [0.25, 0.3) is 0 Å². The molecule has 0 saturated carbocycles. The number of nitrogen functional groups attached to an aromatic ring is 1. The molecule has 2 rings (SSSR count). The summed E-state index contributed by atoms with van der Waals surface area (Å²) in [6.45, 7) is 0.0190. The Hall–Kier alpha value is -1.76. The summed E-state index contributed by atoms with van der Waals surface area (Å²) in [6, 6.07) is 7.05. The van der Waals surface area contributed by atoms with Crippen molar-refractivity contribution in [3.63, 3.8) is 0 Å². The monoisotopic (exact) mass is 345 g/mol. The summed E-state index contributed by atoms with van der Waals surface area (Å²) in [5, 5.41) is 2.86. The molecule has 0 saturated heterocycles. The molecule has 7 heteroatoms. The molecule has 2 aromatic rings. The van der Waals surface area contributed by atoms with Gasteiger partial charge in [0, 0.05) is 6.54 Å². The quantitative estimate of drug-likeness (QED) is 0.881. The molecule has 0 spiro atoms. The van der Waals surface area contributed by atoms with Gasteiger partial charge in [-0.3, -0.25) is 0 Å². The van der Waals surface area contributed by atoms with Gasteiger partial charge in [0.15, 0.2) is 0 Å². The van der Waals surface area contributed by atoms with E-state index >= 15 is 0 Å². The maximum absolute atomic E-state index is 12.8. The second-order valence-corrected chi connectivity index (χ2v) is 4.96. The lowest BCUT2D eigenvalue weighted by molar-refractivity contribution is -0.138. The molecule has 1 aromatic heterocycles. The Morgan fingerprint density at radius 1 is 1.25 bits per heavy atom. The fourth-order valence-electron chi connectivity index (χ4n) is 1.71. The number of rotatable bonds is 3. The summed E-state index contributed by atoms with van der Waals surface area (Å²) in [7, 11) is 0. The minimum Gasteiger partial charge on any atom is -0.397 e. The van der Waals surface area contributed by atoms with E-state index in [0.717, 1.165) is 6.07 Å². The van der Waals surface area contributed by atoms with Gasteiger partial charge >= 0.3 is 6.18 Å². The van der Waals surface area contributed by atoms with Crippen LogP contribution in [0.1, 0.15) is 11.1 Å². The van der Waals surface area contributed by atoms with Crippen LogP contribution in [0.2, 0.25) is 0 Å². The Kier molecular flexibility index (Phi) is 4.17. The van der Waals surface area contributed by atoms with E-state index in [1.807, 2.05) is 0 Å². The number of hydrogen-bond donors (Lipinski definition) is 2. The van der Waals surface area contributed by atoms with Crippen LogP contribution in [-0.2, 0) is 12.7 Å². The molecule has 0 unspecified atom stereocenters. The molecule has 0 amide bonds. The van der Waals surface area contributed by atoms with E-state index in [-0.39, 0.29) is 12.1 Å². The van der Waals surface area contributed by atoms with E-state index in [4.69, 9.17) is 5.73 Å². The predicted molar refractivity (Wildman–Crippen MR) is 75.1 cm³/mol. The number of nitrogens with zero attached hydrogens (tertiary/aromatic N) is 1. The smallest absolute Gasteiger partial charge is 0.397 e. The van der Waals surface area contributed by atoms with Gasteiger partial charge in [0.2, 0.25) is 0 Å². The number of benzene rings is 1. The van der Waals surface area contributed by atoms with Crippen LogP contribution in [0.15, 0.2) is 41.0 Å². The normalized spacial score (nSPS) is 11.4. The molecule has 0 aliphatic carbocycles. The molecule has 3 nitrogen and oxygen atoms in total. The first-order valence-electron chi connectivity index (χ1n) is 5.68. The van der Waals surface area contributed by atoms with Crippen molar-refractivity contribution in [1.29, 1.82) is 0 Å². The first-order valence-corrected chi connectivity index (χ1v) is 6.47. The first-order chi connectivity index (χ1) is 9.38.